The molecule has 5 heteroatoms. The maximum atomic E-state index is 12.5. The molecule has 1 aromatic rings. The number of ether oxygens (including phenoxy) is 1. The van der Waals surface area contributed by atoms with Gasteiger partial charge in [-0.15, -0.1) is 0 Å². The van der Waals surface area contributed by atoms with Crippen LogP contribution in [0.1, 0.15) is 24.0 Å². The van der Waals surface area contributed by atoms with Crippen LogP contribution in [0.4, 0.5) is 0 Å². The lowest BCUT2D eigenvalue weighted by Crippen LogP contribution is -2.46. The minimum atomic E-state index is 0.172. The number of piperidine rings is 1. The molecule has 23 heavy (non-hydrogen) atoms. The molecule has 122 valence electrons. The number of hydrogen-bond acceptors (Lipinski definition) is 4. The summed E-state index contributed by atoms with van der Waals surface area (Å²) in [6.07, 6.45) is 1.87. The van der Waals surface area contributed by atoms with Crippen LogP contribution in [0.3, 0.4) is 0 Å². The van der Waals surface area contributed by atoms with Crippen LogP contribution in [-0.2, 0) is 16.1 Å². The van der Waals surface area contributed by atoms with E-state index in [1.54, 1.807) is 0 Å². The van der Waals surface area contributed by atoms with Crippen molar-refractivity contribution in [2.24, 2.45) is 5.92 Å². The predicted octanol–water partition coefficient (Wildman–Crippen LogP) is 1.63. The lowest BCUT2D eigenvalue weighted by atomic mass is 9.94. The molecule has 3 rings (SSSR count). The SMILES string of the molecule is N#Cc1ccc(CN2CCC(C(=O)N3CCOCC3)CC2)cc1. The number of hydrogen-bond donors (Lipinski definition) is 0. The van der Waals surface area contributed by atoms with Gasteiger partial charge in [0.15, 0.2) is 0 Å². The molecule has 0 aliphatic carbocycles. The largest absolute Gasteiger partial charge is 0.378 e. The fourth-order valence-corrected chi connectivity index (χ4v) is 3.32. The summed E-state index contributed by atoms with van der Waals surface area (Å²) in [5.74, 6) is 0.483. The van der Waals surface area contributed by atoms with Crippen LogP contribution in [0.25, 0.3) is 0 Å². The average Bonchev–Trinajstić information content (AvgIpc) is 2.63. The Morgan fingerprint density at radius 3 is 2.39 bits per heavy atom. The summed E-state index contributed by atoms with van der Waals surface area (Å²) in [7, 11) is 0. The van der Waals surface area contributed by atoms with Crippen molar-refractivity contribution in [1.82, 2.24) is 9.80 Å². The Morgan fingerprint density at radius 2 is 1.78 bits per heavy atom. The number of amides is 1. The van der Waals surface area contributed by atoms with Gasteiger partial charge in [0, 0.05) is 25.6 Å². The van der Waals surface area contributed by atoms with E-state index in [0.717, 1.165) is 45.6 Å². The predicted molar refractivity (Wildman–Crippen MR) is 86.6 cm³/mol. The van der Waals surface area contributed by atoms with E-state index in [1.807, 2.05) is 29.2 Å². The fourth-order valence-electron chi connectivity index (χ4n) is 3.32. The molecule has 2 aliphatic heterocycles. The van der Waals surface area contributed by atoms with Gasteiger partial charge in [-0.1, -0.05) is 12.1 Å². The molecular formula is C18H23N3O2. The number of rotatable bonds is 3. The van der Waals surface area contributed by atoms with E-state index in [0.29, 0.717) is 24.7 Å². The van der Waals surface area contributed by atoms with Crippen LogP contribution < -0.4 is 0 Å². The van der Waals surface area contributed by atoms with Crippen molar-refractivity contribution in [3.05, 3.63) is 35.4 Å². The summed E-state index contributed by atoms with van der Waals surface area (Å²) in [5, 5.41) is 8.83. The Labute approximate surface area is 137 Å². The van der Waals surface area contributed by atoms with E-state index < -0.39 is 0 Å². The number of morpholine rings is 1. The smallest absolute Gasteiger partial charge is 0.225 e. The molecule has 1 amide bonds. The molecule has 0 spiro atoms. The molecule has 1 aromatic carbocycles. The normalized spacial score (nSPS) is 20.2. The number of nitriles is 1. The van der Waals surface area contributed by atoms with Crippen molar-refractivity contribution in [3.8, 4) is 6.07 Å². The number of benzene rings is 1. The summed E-state index contributed by atoms with van der Waals surface area (Å²) in [5.41, 5.74) is 1.92. The number of carbonyl (C=O) groups is 1. The number of carbonyl (C=O) groups excluding carboxylic acids is 1. The Kier molecular flexibility index (Phi) is 5.27. The zero-order valence-corrected chi connectivity index (χ0v) is 13.4. The summed E-state index contributed by atoms with van der Waals surface area (Å²) < 4.78 is 5.31. The van der Waals surface area contributed by atoms with Crippen LogP contribution in [0, 0.1) is 17.2 Å². The zero-order valence-electron chi connectivity index (χ0n) is 13.4. The monoisotopic (exact) mass is 313 g/mol. The Hall–Kier alpha value is -1.90. The highest BCUT2D eigenvalue weighted by atomic mass is 16.5. The van der Waals surface area contributed by atoms with Crippen molar-refractivity contribution in [2.45, 2.75) is 19.4 Å². The van der Waals surface area contributed by atoms with Gasteiger partial charge in [-0.2, -0.15) is 5.26 Å². The van der Waals surface area contributed by atoms with Crippen molar-refractivity contribution in [1.29, 1.82) is 5.26 Å². The van der Waals surface area contributed by atoms with Crippen LogP contribution >= 0.6 is 0 Å². The van der Waals surface area contributed by atoms with Crippen LogP contribution in [0.2, 0.25) is 0 Å². The van der Waals surface area contributed by atoms with Gasteiger partial charge < -0.3 is 9.64 Å². The van der Waals surface area contributed by atoms with Crippen LogP contribution in [0.5, 0.6) is 0 Å². The molecule has 0 saturated carbocycles. The summed E-state index contributed by atoms with van der Waals surface area (Å²) in [6, 6.07) is 9.91. The first-order valence-electron chi connectivity index (χ1n) is 8.34. The van der Waals surface area contributed by atoms with Gasteiger partial charge in [0.05, 0.1) is 24.8 Å². The molecule has 2 heterocycles. The van der Waals surface area contributed by atoms with Gasteiger partial charge in [0.1, 0.15) is 0 Å². The lowest BCUT2D eigenvalue weighted by molar-refractivity contribution is -0.141. The van der Waals surface area contributed by atoms with E-state index in [1.165, 1.54) is 5.56 Å². The van der Waals surface area contributed by atoms with Gasteiger partial charge in [-0.05, 0) is 43.6 Å². The third-order valence-electron chi connectivity index (χ3n) is 4.75. The van der Waals surface area contributed by atoms with Crippen LogP contribution in [-0.4, -0.2) is 55.1 Å². The second kappa shape index (κ2) is 7.58. The van der Waals surface area contributed by atoms with Gasteiger partial charge in [0.25, 0.3) is 0 Å². The highest BCUT2D eigenvalue weighted by Gasteiger charge is 2.29. The standard InChI is InChI=1S/C18H23N3O2/c19-13-15-1-3-16(4-2-15)14-20-7-5-17(6-8-20)18(22)21-9-11-23-12-10-21/h1-4,17H,5-12,14H2. The number of likely N-dealkylation sites (tertiary alicyclic amines) is 1. The molecule has 5 nitrogen and oxygen atoms in total. The summed E-state index contributed by atoms with van der Waals surface area (Å²) in [4.78, 5) is 16.9. The van der Waals surface area contributed by atoms with E-state index in [4.69, 9.17) is 10.00 Å². The minimum absolute atomic E-state index is 0.172. The van der Waals surface area contributed by atoms with Gasteiger partial charge in [-0.25, -0.2) is 0 Å². The quantitative estimate of drug-likeness (QED) is 0.851. The van der Waals surface area contributed by atoms with Gasteiger partial charge in [0.2, 0.25) is 5.91 Å². The Balaban J connectivity index is 1.47. The maximum absolute atomic E-state index is 12.5. The van der Waals surface area contributed by atoms with E-state index in [9.17, 15) is 4.79 Å². The molecule has 0 unspecified atom stereocenters. The number of nitrogens with zero attached hydrogens (tertiary/aromatic N) is 3. The maximum Gasteiger partial charge on any atom is 0.225 e. The first-order valence-corrected chi connectivity index (χ1v) is 8.34. The molecular weight excluding hydrogens is 290 g/mol. The second-order valence-electron chi connectivity index (χ2n) is 6.30. The van der Waals surface area contributed by atoms with Gasteiger partial charge >= 0.3 is 0 Å². The van der Waals surface area contributed by atoms with Gasteiger partial charge in [-0.3, -0.25) is 9.69 Å². The third-order valence-corrected chi connectivity index (χ3v) is 4.75. The first kappa shape index (κ1) is 16.0. The summed E-state index contributed by atoms with van der Waals surface area (Å²) >= 11 is 0. The van der Waals surface area contributed by atoms with Crippen molar-refractivity contribution in [3.63, 3.8) is 0 Å². The minimum Gasteiger partial charge on any atom is -0.378 e. The van der Waals surface area contributed by atoms with Crippen molar-refractivity contribution in [2.75, 3.05) is 39.4 Å². The highest BCUT2D eigenvalue weighted by Crippen LogP contribution is 2.21. The second-order valence-corrected chi connectivity index (χ2v) is 6.30. The first-order chi connectivity index (χ1) is 11.3. The zero-order chi connectivity index (χ0) is 16.1. The fraction of sp³-hybridized carbons (Fsp3) is 0.556. The summed E-state index contributed by atoms with van der Waals surface area (Å²) in [6.45, 7) is 5.63. The molecule has 2 aliphatic rings. The molecule has 0 aromatic heterocycles. The Morgan fingerprint density at radius 1 is 1.13 bits per heavy atom. The molecule has 0 atom stereocenters. The van der Waals surface area contributed by atoms with Crippen molar-refractivity contribution < 1.29 is 9.53 Å². The molecule has 0 radical (unpaired) electrons. The van der Waals surface area contributed by atoms with Crippen molar-refractivity contribution >= 4 is 5.91 Å². The lowest BCUT2D eigenvalue weighted by Gasteiger charge is -2.35. The Bertz CT molecular complexity index is 565. The third kappa shape index (κ3) is 4.10. The van der Waals surface area contributed by atoms with Crippen LogP contribution in [0.15, 0.2) is 24.3 Å². The highest BCUT2D eigenvalue weighted by molar-refractivity contribution is 5.79. The van der Waals surface area contributed by atoms with E-state index >= 15 is 0 Å². The topological polar surface area (TPSA) is 56.6 Å². The average molecular weight is 313 g/mol. The molecule has 2 saturated heterocycles. The molecule has 0 N–H and O–H groups in total. The molecule has 2 fully saturated rings. The van der Waals surface area contributed by atoms with E-state index in [-0.39, 0.29) is 5.92 Å². The van der Waals surface area contributed by atoms with E-state index in [2.05, 4.69) is 11.0 Å². The molecule has 0 bridgehead atoms.